The van der Waals surface area contributed by atoms with E-state index >= 15 is 0 Å². The fourth-order valence-electron chi connectivity index (χ4n) is 3.03. The first-order valence-electron chi connectivity index (χ1n) is 7.21. The van der Waals surface area contributed by atoms with E-state index in [1.807, 2.05) is 20.8 Å². The Bertz CT molecular complexity index is 474. The summed E-state index contributed by atoms with van der Waals surface area (Å²) in [5.74, 6) is -0.838. The van der Waals surface area contributed by atoms with Crippen LogP contribution in [0.15, 0.2) is 12.1 Å². The Morgan fingerprint density at radius 1 is 1.15 bits per heavy atom. The van der Waals surface area contributed by atoms with Gasteiger partial charge in [0, 0.05) is 37.8 Å². The zero-order valence-electron chi connectivity index (χ0n) is 12.8. The first-order chi connectivity index (χ1) is 9.32. The van der Waals surface area contributed by atoms with Crippen molar-refractivity contribution in [3.63, 3.8) is 0 Å². The second-order valence-electron chi connectivity index (χ2n) is 6.65. The number of rotatable bonds is 2. The Morgan fingerprint density at radius 2 is 1.75 bits per heavy atom. The SMILES string of the molecule is Cc1ccc(F)c([C@@H](N2CCNCC2)C(C)(C)C)c1F. The lowest BCUT2D eigenvalue weighted by atomic mass is 9.80. The second kappa shape index (κ2) is 5.78. The highest BCUT2D eigenvalue weighted by atomic mass is 19.1. The highest BCUT2D eigenvalue weighted by Gasteiger charge is 2.36. The Balaban J connectivity index is 2.49. The molecule has 1 saturated heterocycles. The molecular formula is C16H24F2N2. The normalized spacial score (nSPS) is 19.1. The average molecular weight is 282 g/mol. The van der Waals surface area contributed by atoms with Crippen LogP contribution in [0.2, 0.25) is 0 Å². The molecule has 20 heavy (non-hydrogen) atoms. The topological polar surface area (TPSA) is 15.3 Å². The van der Waals surface area contributed by atoms with Gasteiger partial charge < -0.3 is 5.32 Å². The summed E-state index contributed by atoms with van der Waals surface area (Å²) in [7, 11) is 0. The molecular weight excluding hydrogens is 258 g/mol. The van der Waals surface area contributed by atoms with Crippen molar-refractivity contribution in [2.24, 2.45) is 5.41 Å². The first-order valence-corrected chi connectivity index (χ1v) is 7.21. The monoisotopic (exact) mass is 282 g/mol. The molecule has 1 aliphatic heterocycles. The molecule has 4 heteroatoms. The van der Waals surface area contributed by atoms with E-state index < -0.39 is 11.6 Å². The minimum Gasteiger partial charge on any atom is -0.314 e. The third kappa shape index (κ3) is 3.01. The highest BCUT2D eigenvalue weighted by Crippen LogP contribution is 2.40. The van der Waals surface area contributed by atoms with Crippen molar-refractivity contribution in [2.45, 2.75) is 33.7 Å². The first kappa shape index (κ1) is 15.4. The molecule has 1 aromatic rings. The third-order valence-corrected chi connectivity index (χ3v) is 3.93. The molecule has 0 aromatic heterocycles. The van der Waals surface area contributed by atoms with Crippen molar-refractivity contribution >= 4 is 0 Å². The van der Waals surface area contributed by atoms with Gasteiger partial charge in [-0.3, -0.25) is 4.90 Å². The van der Waals surface area contributed by atoms with Crippen molar-refractivity contribution in [1.82, 2.24) is 10.2 Å². The van der Waals surface area contributed by atoms with E-state index in [9.17, 15) is 8.78 Å². The molecule has 112 valence electrons. The van der Waals surface area contributed by atoms with Crippen LogP contribution in [0, 0.1) is 24.0 Å². The van der Waals surface area contributed by atoms with Crippen LogP contribution in [0.25, 0.3) is 0 Å². The standard InChI is InChI=1S/C16H24F2N2/c1-11-5-6-12(17)13(14(11)18)15(16(2,3)4)20-9-7-19-8-10-20/h5-6,15,19H,7-10H2,1-4H3/t15-/m1/s1. The van der Waals surface area contributed by atoms with Crippen LogP contribution in [-0.4, -0.2) is 31.1 Å². The zero-order valence-corrected chi connectivity index (χ0v) is 12.8. The van der Waals surface area contributed by atoms with Crippen LogP contribution in [0.1, 0.15) is 37.9 Å². The molecule has 2 rings (SSSR count). The Hall–Kier alpha value is -1.00. The number of benzene rings is 1. The van der Waals surface area contributed by atoms with E-state index in [0.29, 0.717) is 5.56 Å². The molecule has 1 aromatic carbocycles. The lowest BCUT2D eigenvalue weighted by Gasteiger charge is -2.42. The Kier molecular flexibility index (Phi) is 4.45. The van der Waals surface area contributed by atoms with E-state index in [0.717, 1.165) is 26.2 Å². The lowest BCUT2D eigenvalue weighted by Crippen LogP contribution is -2.48. The van der Waals surface area contributed by atoms with Crippen molar-refractivity contribution < 1.29 is 8.78 Å². The Morgan fingerprint density at radius 3 is 2.30 bits per heavy atom. The van der Waals surface area contributed by atoms with Gasteiger partial charge in [0.25, 0.3) is 0 Å². The molecule has 1 N–H and O–H groups in total. The van der Waals surface area contributed by atoms with Crippen molar-refractivity contribution in [3.8, 4) is 0 Å². The van der Waals surface area contributed by atoms with E-state index in [-0.39, 0.29) is 17.0 Å². The molecule has 1 aliphatic rings. The summed E-state index contributed by atoms with van der Waals surface area (Å²) < 4.78 is 28.8. The van der Waals surface area contributed by atoms with Gasteiger partial charge in [-0.25, -0.2) is 8.78 Å². The van der Waals surface area contributed by atoms with Crippen molar-refractivity contribution in [3.05, 3.63) is 34.9 Å². The summed E-state index contributed by atoms with van der Waals surface area (Å²) in [4.78, 5) is 2.19. The molecule has 1 atom stereocenters. The van der Waals surface area contributed by atoms with Gasteiger partial charge in [-0.2, -0.15) is 0 Å². The fourth-order valence-corrected chi connectivity index (χ4v) is 3.03. The van der Waals surface area contributed by atoms with E-state index in [1.54, 1.807) is 6.92 Å². The third-order valence-electron chi connectivity index (χ3n) is 3.93. The maximum Gasteiger partial charge on any atom is 0.133 e. The number of nitrogens with zero attached hydrogens (tertiary/aromatic N) is 1. The van der Waals surface area contributed by atoms with Gasteiger partial charge in [-0.05, 0) is 24.0 Å². The van der Waals surface area contributed by atoms with Crippen LogP contribution in [-0.2, 0) is 0 Å². The van der Waals surface area contributed by atoms with Crippen LogP contribution in [0.4, 0.5) is 8.78 Å². The minimum absolute atomic E-state index is 0.222. The van der Waals surface area contributed by atoms with Crippen LogP contribution in [0.5, 0.6) is 0 Å². The molecule has 0 unspecified atom stereocenters. The number of hydrogen-bond acceptors (Lipinski definition) is 2. The van der Waals surface area contributed by atoms with Crippen LogP contribution in [0.3, 0.4) is 0 Å². The largest absolute Gasteiger partial charge is 0.314 e. The molecule has 0 saturated carbocycles. The smallest absolute Gasteiger partial charge is 0.133 e. The number of aryl methyl sites for hydroxylation is 1. The fraction of sp³-hybridized carbons (Fsp3) is 0.625. The number of nitrogens with one attached hydrogen (secondary N) is 1. The second-order valence-corrected chi connectivity index (χ2v) is 6.65. The molecule has 1 fully saturated rings. The minimum atomic E-state index is -0.438. The highest BCUT2D eigenvalue weighted by molar-refractivity contribution is 5.30. The van der Waals surface area contributed by atoms with E-state index in [2.05, 4.69) is 10.2 Å². The quantitative estimate of drug-likeness (QED) is 0.895. The van der Waals surface area contributed by atoms with Gasteiger partial charge in [0.05, 0.1) is 0 Å². The number of hydrogen-bond donors (Lipinski definition) is 1. The zero-order chi connectivity index (χ0) is 14.9. The summed E-state index contributed by atoms with van der Waals surface area (Å²) >= 11 is 0. The molecule has 0 bridgehead atoms. The molecule has 0 spiro atoms. The van der Waals surface area contributed by atoms with Gasteiger partial charge in [0.2, 0.25) is 0 Å². The summed E-state index contributed by atoms with van der Waals surface area (Å²) in [5.41, 5.74) is 0.498. The van der Waals surface area contributed by atoms with E-state index in [4.69, 9.17) is 0 Å². The van der Waals surface area contributed by atoms with Gasteiger partial charge in [0.1, 0.15) is 11.6 Å². The van der Waals surface area contributed by atoms with Gasteiger partial charge in [-0.15, -0.1) is 0 Å². The summed E-state index contributed by atoms with van der Waals surface area (Å²) in [6.45, 7) is 11.2. The van der Waals surface area contributed by atoms with Crippen molar-refractivity contribution in [1.29, 1.82) is 0 Å². The maximum atomic E-state index is 14.5. The number of halogens is 2. The number of piperazine rings is 1. The molecule has 1 heterocycles. The summed E-state index contributed by atoms with van der Waals surface area (Å²) in [6, 6.07) is 2.64. The summed E-state index contributed by atoms with van der Waals surface area (Å²) in [6.07, 6.45) is 0. The summed E-state index contributed by atoms with van der Waals surface area (Å²) in [5, 5.41) is 3.28. The molecule has 0 radical (unpaired) electrons. The van der Waals surface area contributed by atoms with Gasteiger partial charge in [0.15, 0.2) is 0 Å². The molecule has 0 amide bonds. The predicted octanol–water partition coefficient (Wildman–Crippen LogP) is 3.27. The Labute approximate surface area is 120 Å². The average Bonchev–Trinajstić information content (AvgIpc) is 2.39. The van der Waals surface area contributed by atoms with Gasteiger partial charge >= 0.3 is 0 Å². The van der Waals surface area contributed by atoms with Crippen molar-refractivity contribution in [2.75, 3.05) is 26.2 Å². The maximum absolute atomic E-state index is 14.5. The molecule has 0 aliphatic carbocycles. The van der Waals surface area contributed by atoms with Crippen LogP contribution < -0.4 is 5.32 Å². The lowest BCUT2D eigenvalue weighted by molar-refractivity contribution is 0.0803. The molecule has 2 nitrogen and oxygen atoms in total. The van der Waals surface area contributed by atoms with Crippen LogP contribution >= 0.6 is 0 Å². The predicted molar refractivity (Wildman–Crippen MR) is 77.7 cm³/mol. The van der Waals surface area contributed by atoms with E-state index in [1.165, 1.54) is 12.1 Å². The van der Waals surface area contributed by atoms with Gasteiger partial charge in [-0.1, -0.05) is 26.8 Å².